The Morgan fingerprint density at radius 2 is 1.95 bits per heavy atom. The van der Waals surface area contributed by atoms with Gasteiger partial charge in [0.25, 0.3) is 0 Å². The number of rotatable bonds is 1. The Bertz CT molecular complexity index is 985. The maximum Gasteiger partial charge on any atom is 0.195 e. The van der Waals surface area contributed by atoms with E-state index in [1.807, 2.05) is 18.3 Å². The van der Waals surface area contributed by atoms with Crippen LogP contribution in [0.3, 0.4) is 0 Å². The molecule has 0 amide bonds. The zero-order chi connectivity index (χ0) is 14.6. The van der Waals surface area contributed by atoms with E-state index in [-0.39, 0.29) is 0 Å². The van der Waals surface area contributed by atoms with Crippen LogP contribution in [0, 0.1) is 6.92 Å². The van der Waals surface area contributed by atoms with Crippen LogP contribution in [-0.4, -0.2) is 9.38 Å². The van der Waals surface area contributed by atoms with Crippen LogP contribution in [0.2, 0.25) is 10.0 Å². The van der Waals surface area contributed by atoms with Crippen LogP contribution in [0.1, 0.15) is 5.56 Å². The van der Waals surface area contributed by atoms with Gasteiger partial charge in [-0.1, -0.05) is 40.6 Å². The fourth-order valence-electron chi connectivity index (χ4n) is 2.44. The van der Waals surface area contributed by atoms with Gasteiger partial charge in [-0.15, -0.1) is 0 Å². The van der Waals surface area contributed by atoms with Gasteiger partial charge in [-0.3, -0.25) is 4.40 Å². The Hall–Kier alpha value is -1.55. The van der Waals surface area contributed by atoms with Gasteiger partial charge in [-0.25, -0.2) is 4.98 Å². The first-order chi connectivity index (χ1) is 10.1. The maximum atomic E-state index is 6.27. The lowest BCUT2D eigenvalue weighted by Gasteiger charge is -2.00. The van der Waals surface area contributed by atoms with E-state index in [2.05, 4.69) is 29.5 Å². The van der Waals surface area contributed by atoms with E-state index in [4.69, 9.17) is 28.2 Å². The molecule has 0 N–H and O–H groups in total. The summed E-state index contributed by atoms with van der Waals surface area (Å²) in [4.78, 5) is 5.66. The second-order valence-electron chi connectivity index (χ2n) is 4.98. The predicted molar refractivity (Wildman–Crippen MR) is 90.8 cm³/mol. The Morgan fingerprint density at radius 3 is 2.76 bits per heavy atom. The lowest BCUT2D eigenvalue weighted by atomic mass is 10.2. The van der Waals surface area contributed by atoms with Gasteiger partial charge in [0.2, 0.25) is 0 Å². The molecule has 0 bridgehead atoms. The minimum Gasteiger partial charge on any atom is -0.290 e. The fourth-order valence-corrected chi connectivity index (χ4v) is 4.05. The molecular formula is C16H10Cl2N2S. The molecule has 0 unspecified atom stereocenters. The molecule has 0 aliphatic heterocycles. The van der Waals surface area contributed by atoms with Gasteiger partial charge in [0, 0.05) is 16.8 Å². The van der Waals surface area contributed by atoms with Crippen molar-refractivity contribution in [3.05, 3.63) is 58.2 Å². The van der Waals surface area contributed by atoms with Crippen LogP contribution in [0.15, 0.2) is 42.6 Å². The summed E-state index contributed by atoms with van der Waals surface area (Å²) in [5.41, 5.74) is 4.19. The molecule has 0 fully saturated rings. The first-order valence-electron chi connectivity index (χ1n) is 6.45. The third kappa shape index (κ3) is 2.13. The Labute approximate surface area is 135 Å². The van der Waals surface area contributed by atoms with Gasteiger partial charge in [0.15, 0.2) is 4.96 Å². The molecule has 0 aliphatic rings. The van der Waals surface area contributed by atoms with E-state index in [1.54, 1.807) is 17.4 Å². The monoisotopic (exact) mass is 332 g/mol. The van der Waals surface area contributed by atoms with E-state index in [0.717, 1.165) is 16.2 Å². The number of halogens is 2. The molecular weight excluding hydrogens is 323 g/mol. The van der Waals surface area contributed by atoms with Crippen molar-refractivity contribution in [2.75, 3.05) is 0 Å². The highest BCUT2D eigenvalue weighted by Crippen LogP contribution is 2.33. The van der Waals surface area contributed by atoms with Gasteiger partial charge < -0.3 is 0 Å². The zero-order valence-corrected chi connectivity index (χ0v) is 13.4. The molecule has 21 heavy (non-hydrogen) atoms. The van der Waals surface area contributed by atoms with Crippen molar-refractivity contribution in [1.29, 1.82) is 0 Å². The number of imidazole rings is 1. The number of thiazole rings is 1. The summed E-state index contributed by atoms with van der Waals surface area (Å²) >= 11 is 13.9. The summed E-state index contributed by atoms with van der Waals surface area (Å²) in [7, 11) is 0. The SMILES string of the molecule is Cc1ccc2c(c1)sc1nc(-c3ccc(Cl)cc3Cl)cn12. The molecule has 0 saturated heterocycles. The van der Waals surface area contributed by atoms with Gasteiger partial charge in [0.1, 0.15) is 0 Å². The van der Waals surface area contributed by atoms with Crippen LogP contribution in [0.25, 0.3) is 26.4 Å². The summed E-state index contributed by atoms with van der Waals surface area (Å²) in [6, 6.07) is 11.9. The molecule has 4 aromatic rings. The average molecular weight is 333 g/mol. The van der Waals surface area contributed by atoms with Crippen LogP contribution in [0.5, 0.6) is 0 Å². The lowest BCUT2D eigenvalue weighted by Crippen LogP contribution is -1.80. The van der Waals surface area contributed by atoms with Crippen molar-refractivity contribution < 1.29 is 0 Å². The van der Waals surface area contributed by atoms with Crippen molar-refractivity contribution >= 4 is 49.7 Å². The molecule has 0 saturated carbocycles. The Kier molecular flexibility index (Phi) is 2.96. The smallest absolute Gasteiger partial charge is 0.195 e. The van der Waals surface area contributed by atoms with Crippen LogP contribution in [0.4, 0.5) is 0 Å². The van der Waals surface area contributed by atoms with E-state index in [9.17, 15) is 0 Å². The lowest BCUT2D eigenvalue weighted by molar-refractivity contribution is 1.29. The van der Waals surface area contributed by atoms with Crippen molar-refractivity contribution in [2.45, 2.75) is 6.92 Å². The molecule has 2 heterocycles. The second kappa shape index (κ2) is 4.73. The maximum absolute atomic E-state index is 6.27. The number of aromatic nitrogens is 2. The minimum atomic E-state index is 0.619. The second-order valence-corrected chi connectivity index (χ2v) is 6.83. The standard InChI is InChI=1S/C16H10Cl2N2S/c1-9-2-5-14-15(6-9)21-16-19-13(8-20(14)16)11-4-3-10(17)7-12(11)18/h2-8H,1H3. The van der Waals surface area contributed by atoms with E-state index < -0.39 is 0 Å². The van der Waals surface area contributed by atoms with Crippen LogP contribution in [-0.2, 0) is 0 Å². The van der Waals surface area contributed by atoms with Crippen molar-refractivity contribution in [3.63, 3.8) is 0 Å². The average Bonchev–Trinajstić information content (AvgIpc) is 2.95. The summed E-state index contributed by atoms with van der Waals surface area (Å²) in [5.74, 6) is 0. The number of benzene rings is 2. The highest BCUT2D eigenvalue weighted by atomic mass is 35.5. The molecule has 4 rings (SSSR count). The predicted octanol–water partition coefficient (Wildman–Crippen LogP) is 5.83. The molecule has 2 nitrogen and oxygen atoms in total. The Balaban J connectivity index is 1.95. The highest BCUT2D eigenvalue weighted by molar-refractivity contribution is 7.23. The molecule has 0 aliphatic carbocycles. The molecule has 0 radical (unpaired) electrons. The number of hydrogen-bond donors (Lipinski definition) is 0. The van der Waals surface area contributed by atoms with E-state index in [1.165, 1.54) is 15.8 Å². The highest BCUT2D eigenvalue weighted by Gasteiger charge is 2.12. The first kappa shape index (κ1) is 13.1. The number of fused-ring (bicyclic) bond motifs is 3. The summed E-state index contributed by atoms with van der Waals surface area (Å²) in [6.07, 6.45) is 2.03. The van der Waals surface area contributed by atoms with Gasteiger partial charge >= 0.3 is 0 Å². The topological polar surface area (TPSA) is 17.3 Å². The number of hydrogen-bond acceptors (Lipinski definition) is 2. The largest absolute Gasteiger partial charge is 0.290 e. The molecule has 2 aromatic carbocycles. The molecule has 2 aromatic heterocycles. The normalized spacial score (nSPS) is 11.6. The third-order valence-corrected chi connectivity index (χ3v) is 5.02. The van der Waals surface area contributed by atoms with Gasteiger partial charge in [-0.05, 0) is 42.8 Å². The zero-order valence-electron chi connectivity index (χ0n) is 11.1. The summed E-state index contributed by atoms with van der Waals surface area (Å²) in [6.45, 7) is 2.10. The minimum absolute atomic E-state index is 0.619. The van der Waals surface area contributed by atoms with Gasteiger partial charge in [-0.2, -0.15) is 0 Å². The molecule has 5 heteroatoms. The van der Waals surface area contributed by atoms with Crippen molar-refractivity contribution in [1.82, 2.24) is 9.38 Å². The quantitative estimate of drug-likeness (QED) is 0.428. The molecule has 0 atom stereocenters. The van der Waals surface area contributed by atoms with Gasteiger partial charge in [0.05, 0.1) is 20.9 Å². The Morgan fingerprint density at radius 1 is 1.10 bits per heavy atom. The van der Waals surface area contributed by atoms with Crippen LogP contribution < -0.4 is 0 Å². The summed E-state index contributed by atoms with van der Waals surface area (Å²) in [5, 5.41) is 1.25. The van der Waals surface area contributed by atoms with E-state index >= 15 is 0 Å². The van der Waals surface area contributed by atoms with E-state index in [0.29, 0.717) is 10.0 Å². The number of aryl methyl sites for hydroxylation is 1. The van der Waals surface area contributed by atoms with Crippen molar-refractivity contribution in [2.24, 2.45) is 0 Å². The van der Waals surface area contributed by atoms with Crippen molar-refractivity contribution in [3.8, 4) is 11.3 Å². The molecule has 104 valence electrons. The summed E-state index contributed by atoms with van der Waals surface area (Å²) < 4.78 is 3.35. The van der Waals surface area contributed by atoms with Crippen LogP contribution >= 0.6 is 34.5 Å². The third-order valence-electron chi connectivity index (χ3n) is 3.46. The first-order valence-corrected chi connectivity index (χ1v) is 8.03. The molecule has 0 spiro atoms. The fraction of sp³-hybridized carbons (Fsp3) is 0.0625. The number of nitrogens with zero attached hydrogens (tertiary/aromatic N) is 2.